The number of aromatic amines is 1. The van der Waals surface area contributed by atoms with Crippen LogP contribution in [-0.2, 0) is 6.18 Å². The third kappa shape index (κ3) is 2.11. The predicted molar refractivity (Wildman–Crippen MR) is 69.4 cm³/mol. The number of nitrogens with one attached hydrogen (secondary N) is 1. The summed E-state index contributed by atoms with van der Waals surface area (Å²) in [6.07, 6.45) is -2.87. The Morgan fingerprint density at radius 3 is 2.63 bits per heavy atom. The molecule has 0 saturated heterocycles. The maximum atomic E-state index is 13.0. The lowest BCUT2D eigenvalue weighted by atomic mass is 10.0. The SMILES string of the molecule is FC(F)(F)c1ccccc1-c1c[nH]c2nc(Cl)sc12. The number of aromatic nitrogens is 2. The van der Waals surface area contributed by atoms with E-state index in [0.29, 0.717) is 20.4 Å². The predicted octanol–water partition coefficient (Wildman–Crippen LogP) is 4.96. The second-order valence-corrected chi connectivity index (χ2v) is 5.47. The number of halogens is 4. The van der Waals surface area contributed by atoms with Crippen LogP contribution in [0.4, 0.5) is 13.2 Å². The summed E-state index contributed by atoms with van der Waals surface area (Å²) in [6, 6.07) is 5.46. The molecule has 7 heteroatoms. The number of rotatable bonds is 1. The molecule has 2 heterocycles. The van der Waals surface area contributed by atoms with E-state index in [1.54, 1.807) is 6.07 Å². The van der Waals surface area contributed by atoms with Crippen molar-refractivity contribution in [2.24, 2.45) is 0 Å². The summed E-state index contributed by atoms with van der Waals surface area (Å²) in [7, 11) is 0. The highest BCUT2D eigenvalue weighted by Gasteiger charge is 2.34. The average Bonchev–Trinajstić information content (AvgIpc) is 2.86. The fourth-order valence-corrected chi connectivity index (χ4v) is 3.05. The van der Waals surface area contributed by atoms with Gasteiger partial charge in [0.25, 0.3) is 0 Å². The van der Waals surface area contributed by atoms with Crippen LogP contribution in [-0.4, -0.2) is 9.97 Å². The molecule has 0 atom stereocenters. The van der Waals surface area contributed by atoms with Crippen LogP contribution >= 0.6 is 22.9 Å². The van der Waals surface area contributed by atoms with Gasteiger partial charge in [-0.05, 0) is 11.6 Å². The number of fused-ring (bicyclic) bond motifs is 1. The van der Waals surface area contributed by atoms with Crippen LogP contribution in [0.2, 0.25) is 4.47 Å². The topological polar surface area (TPSA) is 28.7 Å². The van der Waals surface area contributed by atoms with Gasteiger partial charge in [-0.3, -0.25) is 0 Å². The zero-order valence-electron chi connectivity index (χ0n) is 9.25. The molecule has 0 radical (unpaired) electrons. The highest BCUT2D eigenvalue weighted by molar-refractivity contribution is 7.22. The van der Waals surface area contributed by atoms with Crippen LogP contribution in [0.1, 0.15) is 5.56 Å². The molecular formula is C12H6ClF3N2S. The second kappa shape index (κ2) is 4.25. The standard InChI is InChI=1S/C12H6ClF3N2S/c13-11-18-10-9(19-11)7(5-17-10)6-3-1-2-4-8(6)12(14,15)16/h1-5,17H. The number of hydrogen-bond donors (Lipinski definition) is 1. The van der Waals surface area contributed by atoms with E-state index in [0.717, 1.165) is 17.4 Å². The van der Waals surface area contributed by atoms with Crippen molar-refractivity contribution in [2.75, 3.05) is 0 Å². The van der Waals surface area contributed by atoms with Crippen molar-refractivity contribution in [1.29, 1.82) is 0 Å². The number of H-pyrrole nitrogens is 1. The van der Waals surface area contributed by atoms with E-state index >= 15 is 0 Å². The third-order valence-electron chi connectivity index (χ3n) is 2.72. The van der Waals surface area contributed by atoms with Crippen LogP contribution in [0.25, 0.3) is 21.5 Å². The van der Waals surface area contributed by atoms with Gasteiger partial charge in [-0.15, -0.1) is 11.3 Å². The van der Waals surface area contributed by atoms with Crippen molar-refractivity contribution in [3.8, 4) is 11.1 Å². The molecule has 0 bridgehead atoms. The van der Waals surface area contributed by atoms with Crippen molar-refractivity contribution in [3.63, 3.8) is 0 Å². The van der Waals surface area contributed by atoms with Crippen molar-refractivity contribution in [3.05, 3.63) is 40.5 Å². The molecule has 0 saturated carbocycles. The van der Waals surface area contributed by atoms with E-state index in [1.165, 1.54) is 18.3 Å². The summed E-state index contributed by atoms with van der Waals surface area (Å²) in [6.45, 7) is 0. The maximum absolute atomic E-state index is 13.0. The Hall–Kier alpha value is -1.53. The smallest absolute Gasteiger partial charge is 0.345 e. The Bertz CT molecular complexity index is 745. The molecular weight excluding hydrogens is 297 g/mol. The van der Waals surface area contributed by atoms with Crippen LogP contribution in [0.3, 0.4) is 0 Å². The lowest BCUT2D eigenvalue weighted by Gasteiger charge is -2.11. The molecule has 2 nitrogen and oxygen atoms in total. The largest absolute Gasteiger partial charge is 0.417 e. The Kier molecular flexibility index (Phi) is 2.79. The second-order valence-electron chi connectivity index (χ2n) is 3.89. The summed E-state index contributed by atoms with van der Waals surface area (Å²) in [5, 5.41) is 0. The number of alkyl halides is 3. The quantitative estimate of drug-likeness (QED) is 0.676. The van der Waals surface area contributed by atoms with Gasteiger partial charge in [-0.25, -0.2) is 4.98 Å². The normalized spacial score (nSPS) is 12.2. The van der Waals surface area contributed by atoms with Crippen molar-refractivity contribution in [1.82, 2.24) is 9.97 Å². The van der Waals surface area contributed by atoms with Gasteiger partial charge < -0.3 is 4.98 Å². The Morgan fingerprint density at radius 1 is 1.16 bits per heavy atom. The molecule has 0 unspecified atom stereocenters. The van der Waals surface area contributed by atoms with Gasteiger partial charge in [0.05, 0.1) is 10.3 Å². The van der Waals surface area contributed by atoms with Crippen molar-refractivity contribution in [2.45, 2.75) is 6.18 Å². The van der Waals surface area contributed by atoms with E-state index in [9.17, 15) is 13.2 Å². The van der Waals surface area contributed by atoms with Gasteiger partial charge in [0.1, 0.15) is 0 Å². The molecule has 0 spiro atoms. The fourth-order valence-electron chi connectivity index (χ4n) is 1.95. The molecule has 3 aromatic rings. The molecule has 19 heavy (non-hydrogen) atoms. The number of thiazole rings is 1. The molecule has 2 aromatic heterocycles. The molecule has 0 fully saturated rings. The third-order valence-corrected chi connectivity index (χ3v) is 3.91. The maximum Gasteiger partial charge on any atom is 0.417 e. The van der Waals surface area contributed by atoms with E-state index < -0.39 is 11.7 Å². The first-order valence-corrected chi connectivity index (χ1v) is 6.46. The van der Waals surface area contributed by atoms with E-state index in [4.69, 9.17) is 11.6 Å². The first kappa shape index (κ1) is 12.5. The van der Waals surface area contributed by atoms with Gasteiger partial charge in [-0.1, -0.05) is 29.8 Å². The minimum absolute atomic E-state index is 0.126. The summed E-state index contributed by atoms with van der Waals surface area (Å²) < 4.78 is 39.9. The average molecular weight is 303 g/mol. The number of hydrogen-bond acceptors (Lipinski definition) is 2. The van der Waals surface area contributed by atoms with Gasteiger partial charge in [-0.2, -0.15) is 13.2 Å². The monoisotopic (exact) mass is 302 g/mol. The summed E-state index contributed by atoms with van der Waals surface area (Å²) in [5.41, 5.74) is 0.427. The zero-order chi connectivity index (χ0) is 13.6. The van der Waals surface area contributed by atoms with Crippen molar-refractivity contribution < 1.29 is 13.2 Å². The first-order chi connectivity index (χ1) is 8.97. The van der Waals surface area contributed by atoms with Crippen LogP contribution < -0.4 is 0 Å². The lowest BCUT2D eigenvalue weighted by Crippen LogP contribution is -2.06. The molecule has 1 N–H and O–H groups in total. The first-order valence-electron chi connectivity index (χ1n) is 5.27. The van der Waals surface area contributed by atoms with E-state index in [1.807, 2.05) is 0 Å². The highest BCUT2D eigenvalue weighted by Crippen LogP contribution is 2.41. The summed E-state index contributed by atoms with van der Waals surface area (Å²) in [5.74, 6) is 0. The molecule has 0 amide bonds. The minimum atomic E-state index is -4.39. The van der Waals surface area contributed by atoms with Crippen LogP contribution in [0.5, 0.6) is 0 Å². The van der Waals surface area contributed by atoms with Gasteiger partial charge in [0, 0.05) is 11.8 Å². The molecule has 0 aliphatic heterocycles. The van der Waals surface area contributed by atoms with Gasteiger partial charge in [0.2, 0.25) is 0 Å². The zero-order valence-corrected chi connectivity index (χ0v) is 10.8. The molecule has 0 aliphatic carbocycles. The fraction of sp³-hybridized carbons (Fsp3) is 0.0833. The molecule has 1 aromatic carbocycles. The molecule has 98 valence electrons. The van der Waals surface area contributed by atoms with E-state index in [-0.39, 0.29) is 5.56 Å². The molecule has 0 aliphatic rings. The molecule has 3 rings (SSSR count). The number of benzene rings is 1. The Balaban J connectivity index is 2.27. The van der Waals surface area contributed by atoms with Crippen LogP contribution in [0.15, 0.2) is 30.5 Å². The van der Waals surface area contributed by atoms with Gasteiger partial charge in [0.15, 0.2) is 10.1 Å². The summed E-state index contributed by atoms with van der Waals surface area (Å²) in [4.78, 5) is 6.83. The number of nitrogens with zero attached hydrogens (tertiary/aromatic N) is 1. The Morgan fingerprint density at radius 2 is 1.89 bits per heavy atom. The minimum Gasteiger partial charge on any atom is -0.345 e. The highest BCUT2D eigenvalue weighted by atomic mass is 35.5. The van der Waals surface area contributed by atoms with E-state index in [2.05, 4.69) is 9.97 Å². The lowest BCUT2D eigenvalue weighted by molar-refractivity contribution is -0.137. The summed E-state index contributed by atoms with van der Waals surface area (Å²) >= 11 is 6.93. The van der Waals surface area contributed by atoms with Crippen LogP contribution in [0, 0.1) is 0 Å². The van der Waals surface area contributed by atoms with Gasteiger partial charge >= 0.3 is 6.18 Å². The van der Waals surface area contributed by atoms with Crippen molar-refractivity contribution >= 4 is 33.3 Å². The Labute approximate surface area is 114 Å².